The Hall–Kier alpha value is -0.730. The lowest BCUT2D eigenvalue weighted by atomic mass is 9.93. The highest BCUT2D eigenvalue weighted by Crippen LogP contribution is 2.29. The van der Waals surface area contributed by atoms with Gasteiger partial charge in [0.15, 0.2) is 5.96 Å². The first-order valence-corrected chi connectivity index (χ1v) is 6.65. The summed E-state index contributed by atoms with van der Waals surface area (Å²) in [6, 6.07) is 0.498. The molecule has 1 aliphatic carbocycles. The van der Waals surface area contributed by atoms with Crippen molar-refractivity contribution < 1.29 is 0 Å². The minimum atomic E-state index is 0.409. The third-order valence-electron chi connectivity index (χ3n) is 3.89. The van der Waals surface area contributed by atoms with Gasteiger partial charge in [-0.1, -0.05) is 33.1 Å². The Bertz CT molecular complexity index is 264. The van der Waals surface area contributed by atoms with E-state index in [4.69, 9.17) is 10.7 Å². The van der Waals surface area contributed by atoms with E-state index in [1.807, 2.05) is 0 Å². The van der Waals surface area contributed by atoms with Crippen LogP contribution in [0.25, 0.3) is 0 Å². The Morgan fingerprint density at radius 2 is 1.94 bits per heavy atom. The number of hydrogen-bond acceptors (Lipinski definition) is 1. The molecule has 0 unspecified atom stereocenters. The van der Waals surface area contributed by atoms with Crippen LogP contribution in [-0.2, 0) is 0 Å². The van der Waals surface area contributed by atoms with Gasteiger partial charge in [-0.05, 0) is 24.7 Å². The number of likely N-dealkylation sites (tertiary alicyclic amines) is 1. The van der Waals surface area contributed by atoms with Gasteiger partial charge in [0.1, 0.15) is 0 Å². The third-order valence-corrected chi connectivity index (χ3v) is 3.89. The Morgan fingerprint density at radius 1 is 1.25 bits per heavy atom. The van der Waals surface area contributed by atoms with Gasteiger partial charge in [0.05, 0.1) is 6.04 Å². The molecule has 0 amide bonds. The van der Waals surface area contributed by atoms with Crippen molar-refractivity contribution in [2.45, 2.75) is 58.4 Å². The Morgan fingerprint density at radius 3 is 2.50 bits per heavy atom. The number of aliphatic imine (C=N–C) groups is 1. The van der Waals surface area contributed by atoms with E-state index in [-0.39, 0.29) is 0 Å². The number of guanidine groups is 1. The monoisotopic (exact) mass is 223 g/mol. The van der Waals surface area contributed by atoms with Crippen LogP contribution in [-0.4, -0.2) is 30.0 Å². The van der Waals surface area contributed by atoms with Crippen molar-refractivity contribution in [3.8, 4) is 0 Å². The van der Waals surface area contributed by atoms with Crippen LogP contribution in [0.3, 0.4) is 0 Å². The van der Waals surface area contributed by atoms with E-state index in [0.717, 1.165) is 19.0 Å². The maximum atomic E-state index is 6.11. The number of nitrogens with two attached hydrogens (primary N) is 1. The summed E-state index contributed by atoms with van der Waals surface area (Å²) in [5.41, 5.74) is 6.52. The van der Waals surface area contributed by atoms with Gasteiger partial charge in [-0.3, -0.25) is 0 Å². The van der Waals surface area contributed by atoms with Gasteiger partial charge in [-0.25, -0.2) is 4.99 Å². The van der Waals surface area contributed by atoms with Gasteiger partial charge in [0.2, 0.25) is 0 Å². The fraction of sp³-hybridized carbons (Fsp3) is 0.923. The Labute approximate surface area is 99.1 Å². The maximum Gasteiger partial charge on any atom is 0.191 e. The zero-order valence-electron chi connectivity index (χ0n) is 10.7. The molecule has 16 heavy (non-hydrogen) atoms. The maximum absolute atomic E-state index is 6.11. The second-order valence-electron chi connectivity index (χ2n) is 6.11. The van der Waals surface area contributed by atoms with Crippen molar-refractivity contribution >= 4 is 5.96 Å². The van der Waals surface area contributed by atoms with Crippen molar-refractivity contribution in [3.05, 3.63) is 0 Å². The standard InChI is InChI=1S/C13H25N3/c1-13(2)8-9-16(10-13)12(14)15-11-6-4-3-5-7-11/h11H,3-10H2,1-2H3,(H2,14,15). The summed E-state index contributed by atoms with van der Waals surface area (Å²) >= 11 is 0. The first kappa shape index (κ1) is 11.7. The molecule has 0 aromatic heterocycles. The average Bonchev–Trinajstić information content (AvgIpc) is 2.60. The predicted octanol–water partition coefficient (Wildman–Crippen LogP) is 2.37. The van der Waals surface area contributed by atoms with Crippen LogP contribution in [0, 0.1) is 5.41 Å². The van der Waals surface area contributed by atoms with Crippen LogP contribution in [0.15, 0.2) is 4.99 Å². The molecule has 0 aromatic rings. The molecule has 0 spiro atoms. The number of hydrogen-bond donors (Lipinski definition) is 1. The molecule has 2 aliphatic rings. The van der Waals surface area contributed by atoms with E-state index in [9.17, 15) is 0 Å². The largest absolute Gasteiger partial charge is 0.370 e. The van der Waals surface area contributed by atoms with Crippen LogP contribution in [0.2, 0.25) is 0 Å². The van der Waals surface area contributed by atoms with Crippen LogP contribution >= 0.6 is 0 Å². The predicted molar refractivity (Wildman–Crippen MR) is 68.5 cm³/mol. The quantitative estimate of drug-likeness (QED) is 0.548. The number of rotatable bonds is 1. The lowest BCUT2D eigenvalue weighted by Gasteiger charge is -2.23. The van der Waals surface area contributed by atoms with Gasteiger partial charge in [0, 0.05) is 13.1 Å². The van der Waals surface area contributed by atoms with Crippen molar-refractivity contribution in [3.63, 3.8) is 0 Å². The summed E-state index contributed by atoms with van der Waals surface area (Å²) < 4.78 is 0. The smallest absolute Gasteiger partial charge is 0.191 e. The minimum absolute atomic E-state index is 0.409. The van der Waals surface area contributed by atoms with Gasteiger partial charge in [0.25, 0.3) is 0 Å². The topological polar surface area (TPSA) is 41.6 Å². The molecule has 3 heteroatoms. The lowest BCUT2D eigenvalue weighted by Crippen LogP contribution is -2.37. The molecule has 1 saturated heterocycles. The van der Waals surface area contributed by atoms with E-state index in [0.29, 0.717) is 11.5 Å². The summed E-state index contributed by atoms with van der Waals surface area (Å²) in [6.45, 7) is 6.76. The molecule has 2 fully saturated rings. The SMILES string of the molecule is CC1(C)CCN(C(N)=NC2CCCCC2)C1. The van der Waals surface area contributed by atoms with E-state index < -0.39 is 0 Å². The molecule has 0 radical (unpaired) electrons. The molecule has 0 atom stereocenters. The summed E-state index contributed by atoms with van der Waals surface area (Å²) in [4.78, 5) is 6.96. The minimum Gasteiger partial charge on any atom is -0.370 e. The molecule has 0 bridgehead atoms. The summed E-state index contributed by atoms with van der Waals surface area (Å²) in [7, 11) is 0. The fourth-order valence-electron chi connectivity index (χ4n) is 2.79. The average molecular weight is 223 g/mol. The first-order chi connectivity index (χ1) is 7.57. The lowest BCUT2D eigenvalue weighted by molar-refractivity contribution is 0.370. The molecule has 1 aliphatic heterocycles. The van der Waals surface area contributed by atoms with E-state index in [1.54, 1.807) is 0 Å². The normalized spacial score (nSPS) is 27.4. The van der Waals surface area contributed by atoms with Gasteiger partial charge < -0.3 is 10.6 Å². The van der Waals surface area contributed by atoms with Gasteiger partial charge in [-0.2, -0.15) is 0 Å². The second-order valence-corrected chi connectivity index (χ2v) is 6.11. The molecule has 1 heterocycles. The van der Waals surface area contributed by atoms with Crippen molar-refractivity contribution in [2.75, 3.05) is 13.1 Å². The van der Waals surface area contributed by atoms with E-state index >= 15 is 0 Å². The van der Waals surface area contributed by atoms with Gasteiger partial charge in [-0.15, -0.1) is 0 Å². The first-order valence-electron chi connectivity index (χ1n) is 6.65. The fourth-order valence-corrected chi connectivity index (χ4v) is 2.79. The van der Waals surface area contributed by atoms with Gasteiger partial charge >= 0.3 is 0 Å². The Kier molecular flexibility index (Phi) is 3.41. The van der Waals surface area contributed by atoms with Crippen LogP contribution < -0.4 is 5.73 Å². The van der Waals surface area contributed by atoms with Crippen molar-refractivity contribution in [1.29, 1.82) is 0 Å². The molecule has 0 aromatic carbocycles. The summed E-state index contributed by atoms with van der Waals surface area (Å²) in [5.74, 6) is 0.789. The number of nitrogens with zero attached hydrogens (tertiary/aromatic N) is 2. The molecule has 1 saturated carbocycles. The van der Waals surface area contributed by atoms with Crippen LogP contribution in [0.5, 0.6) is 0 Å². The van der Waals surface area contributed by atoms with E-state index in [1.165, 1.54) is 38.5 Å². The van der Waals surface area contributed by atoms with Crippen LogP contribution in [0.4, 0.5) is 0 Å². The van der Waals surface area contributed by atoms with Crippen molar-refractivity contribution in [2.24, 2.45) is 16.1 Å². The summed E-state index contributed by atoms with van der Waals surface area (Å²) in [5, 5.41) is 0. The molecular formula is C13H25N3. The molecule has 92 valence electrons. The molecule has 3 nitrogen and oxygen atoms in total. The van der Waals surface area contributed by atoms with Crippen molar-refractivity contribution in [1.82, 2.24) is 4.90 Å². The highest BCUT2D eigenvalue weighted by Gasteiger charge is 2.30. The zero-order chi connectivity index (χ0) is 11.6. The summed E-state index contributed by atoms with van der Waals surface area (Å²) in [6.07, 6.45) is 7.73. The Balaban J connectivity index is 1.91. The van der Waals surface area contributed by atoms with E-state index in [2.05, 4.69) is 18.7 Å². The highest BCUT2D eigenvalue weighted by molar-refractivity contribution is 5.78. The zero-order valence-corrected chi connectivity index (χ0v) is 10.7. The molecule has 2 N–H and O–H groups in total. The third kappa shape index (κ3) is 2.89. The molecule has 2 rings (SSSR count). The van der Waals surface area contributed by atoms with Crippen LogP contribution in [0.1, 0.15) is 52.4 Å². The molecular weight excluding hydrogens is 198 g/mol. The second kappa shape index (κ2) is 4.64. The highest BCUT2D eigenvalue weighted by atomic mass is 15.3.